The molecular weight excluding hydrogens is 348 g/mol. The lowest BCUT2D eigenvalue weighted by Crippen LogP contribution is -2.15. The van der Waals surface area contributed by atoms with E-state index in [1.54, 1.807) is 32.0 Å². The van der Waals surface area contributed by atoms with Crippen molar-refractivity contribution in [3.05, 3.63) is 56.6 Å². The largest absolute Gasteiger partial charge is 0.493 e. The molecule has 0 saturated heterocycles. The first-order valence-corrected chi connectivity index (χ1v) is 7.82. The summed E-state index contributed by atoms with van der Waals surface area (Å²) in [5.74, 6) is -0.201. The lowest BCUT2D eigenvalue weighted by molar-refractivity contribution is -0.385. The second kappa shape index (κ2) is 7.85. The van der Waals surface area contributed by atoms with Crippen LogP contribution in [0.1, 0.15) is 22.8 Å². The summed E-state index contributed by atoms with van der Waals surface area (Å²) in [6, 6.07) is 7.51. The lowest BCUT2D eigenvalue weighted by atomic mass is 10.1. The molecule has 7 nitrogen and oxygen atoms in total. The number of hydrogen-bond donors (Lipinski definition) is 1. The monoisotopic (exact) mass is 364 g/mol. The van der Waals surface area contributed by atoms with Crippen LogP contribution in [0.2, 0.25) is 5.02 Å². The third-order valence-corrected chi connectivity index (χ3v) is 3.95. The van der Waals surface area contributed by atoms with Crippen LogP contribution >= 0.6 is 11.6 Å². The highest BCUT2D eigenvalue weighted by atomic mass is 35.5. The van der Waals surface area contributed by atoms with Gasteiger partial charge in [0, 0.05) is 16.8 Å². The first-order chi connectivity index (χ1) is 11.9. The number of nitrogens with zero attached hydrogens (tertiary/aromatic N) is 1. The van der Waals surface area contributed by atoms with Crippen molar-refractivity contribution in [2.45, 2.75) is 13.8 Å². The smallest absolute Gasteiger partial charge is 0.286 e. The van der Waals surface area contributed by atoms with Crippen LogP contribution in [-0.4, -0.2) is 24.5 Å². The molecule has 2 aromatic rings. The molecule has 0 atom stereocenters. The van der Waals surface area contributed by atoms with Crippen LogP contribution < -0.4 is 14.8 Å². The van der Waals surface area contributed by atoms with Gasteiger partial charge in [-0.15, -0.1) is 0 Å². The maximum atomic E-state index is 12.6. The molecule has 2 rings (SSSR count). The first kappa shape index (κ1) is 18.5. The summed E-state index contributed by atoms with van der Waals surface area (Å²) in [6.45, 7) is 3.82. The molecular formula is C17H17ClN2O5. The van der Waals surface area contributed by atoms with E-state index in [0.29, 0.717) is 22.9 Å². The Bertz CT molecular complexity index is 823. The average molecular weight is 365 g/mol. The van der Waals surface area contributed by atoms with E-state index in [-0.39, 0.29) is 22.7 Å². The maximum absolute atomic E-state index is 12.6. The van der Waals surface area contributed by atoms with Crippen LogP contribution in [0.4, 0.5) is 11.4 Å². The average Bonchev–Trinajstić information content (AvgIpc) is 2.58. The van der Waals surface area contributed by atoms with Crippen LogP contribution in [0, 0.1) is 17.0 Å². The molecule has 132 valence electrons. The van der Waals surface area contributed by atoms with Crippen molar-refractivity contribution < 1.29 is 19.2 Å². The molecule has 0 aromatic heterocycles. The third kappa shape index (κ3) is 4.00. The Morgan fingerprint density at radius 3 is 2.64 bits per heavy atom. The number of anilines is 1. The second-order valence-corrected chi connectivity index (χ2v) is 5.48. The summed E-state index contributed by atoms with van der Waals surface area (Å²) in [7, 11) is 1.37. The van der Waals surface area contributed by atoms with Crippen LogP contribution in [0.3, 0.4) is 0 Å². The molecule has 0 aliphatic carbocycles. The van der Waals surface area contributed by atoms with E-state index in [2.05, 4.69) is 5.32 Å². The third-order valence-electron chi connectivity index (χ3n) is 3.54. The fraction of sp³-hybridized carbons (Fsp3) is 0.235. The van der Waals surface area contributed by atoms with Gasteiger partial charge in [-0.2, -0.15) is 0 Å². The Kier molecular flexibility index (Phi) is 5.82. The number of ether oxygens (including phenoxy) is 2. The van der Waals surface area contributed by atoms with Crippen molar-refractivity contribution >= 4 is 28.9 Å². The quantitative estimate of drug-likeness (QED) is 0.612. The van der Waals surface area contributed by atoms with Gasteiger partial charge in [-0.25, -0.2) is 0 Å². The zero-order valence-corrected chi connectivity index (χ0v) is 14.7. The summed E-state index contributed by atoms with van der Waals surface area (Å²) in [4.78, 5) is 23.3. The summed E-state index contributed by atoms with van der Waals surface area (Å²) in [5.41, 5.74) is 0.630. The van der Waals surface area contributed by atoms with E-state index in [4.69, 9.17) is 21.1 Å². The van der Waals surface area contributed by atoms with E-state index in [1.807, 2.05) is 0 Å². The molecule has 1 N–H and O–H groups in total. The lowest BCUT2D eigenvalue weighted by Gasteiger charge is -2.13. The Balaban J connectivity index is 2.48. The van der Waals surface area contributed by atoms with Crippen molar-refractivity contribution in [1.29, 1.82) is 0 Å². The van der Waals surface area contributed by atoms with Gasteiger partial charge in [-0.3, -0.25) is 14.9 Å². The van der Waals surface area contributed by atoms with E-state index >= 15 is 0 Å². The van der Waals surface area contributed by atoms with Gasteiger partial charge in [0.25, 0.3) is 11.6 Å². The maximum Gasteiger partial charge on any atom is 0.286 e. The van der Waals surface area contributed by atoms with Gasteiger partial charge in [-0.1, -0.05) is 17.7 Å². The number of amides is 1. The van der Waals surface area contributed by atoms with Crippen molar-refractivity contribution in [2.24, 2.45) is 0 Å². The van der Waals surface area contributed by atoms with Gasteiger partial charge in [-0.05, 0) is 31.5 Å². The zero-order valence-electron chi connectivity index (χ0n) is 14.0. The summed E-state index contributed by atoms with van der Waals surface area (Å²) in [5, 5.41) is 14.5. The van der Waals surface area contributed by atoms with Gasteiger partial charge in [0.05, 0.1) is 24.7 Å². The number of methoxy groups -OCH3 is 1. The van der Waals surface area contributed by atoms with Crippen molar-refractivity contribution in [3.8, 4) is 11.5 Å². The molecule has 2 aromatic carbocycles. The highest BCUT2D eigenvalue weighted by Crippen LogP contribution is 2.35. The molecule has 0 bridgehead atoms. The SMILES string of the molecule is CCOc1cc(C(=O)Nc2cccc(Cl)c2C)c([N+](=O)[O-])cc1OC. The summed E-state index contributed by atoms with van der Waals surface area (Å²) < 4.78 is 10.5. The van der Waals surface area contributed by atoms with Crippen molar-refractivity contribution in [2.75, 3.05) is 19.0 Å². The zero-order chi connectivity index (χ0) is 18.6. The predicted molar refractivity (Wildman–Crippen MR) is 95.0 cm³/mol. The fourth-order valence-electron chi connectivity index (χ4n) is 2.24. The molecule has 0 aliphatic rings. The van der Waals surface area contributed by atoms with Gasteiger partial charge >= 0.3 is 0 Å². The highest BCUT2D eigenvalue weighted by Gasteiger charge is 2.25. The number of hydrogen-bond acceptors (Lipinski definition) is 5. The number of nitrogens with one attached hydrogen (secondary N) is 1. The standard InChI is InChI=1S/C17H17ClN2O5/c1-4-25-16-8-11(14(20(22)23)9-15(16)24-3)17(21)19-13-7-5-6-12(18)10(13)2/h5-9H,4H2,1-3H3,(H,19,21). The number of halogens is 1. The number of rotatable bonds is 6. The molecule has 25 heavy (non-hydrogen) atoms. The van der Waals surface area contributed by atoms with Crippen LogP contribution in [0.25, 0.3) is 0 Å². The Morgan fingerprint density at radius 2 is 2.04 bits per heavy atom. The molecule has 0 radical (unpaired) electrons. The van der Waals surface area contributed by atoms with E-state index in [9.17, 15) is 14.9 Å². The molecule has 0 fully saturated rings. The van der Waals surface area contributed by atoms with E-state index < -0.39 is 10.8 Å². The number of nitro benzene ring substituents is 1. The summed E-state index contributed by atoms with van der Waals surface area (Å²) >= 11 is 6.03. The predicted octanol–water partition coefficient (Wildman–Crippen LogP) is 4.22. The van der Waals surface area contributed by atoms with Gasteiger partial charge < -0.3 is 14.8 Å². The number of nitro groups is 1. The molecule has 0 unspecified atom stereocenters. The number of benzene rings is 2. The molecule has 0 saturated carbocycles. The first-order valence-electron chi connectivity index (χ1n) is 7.44. The molecule has 0 spiro atoms. The molecule has 0 heterocycles. The van der Waals surface area contributed by atoms with Crippen LogP contribution in [0.15, 0.2) is 30.3 Å². The number of carbonyl (C=O) groups excluding carboxylic acids is 1. The van der Waals surface area contributed by atoms with Crippen molar-refractivity contribution in [3.63, 3.8) is 0 Å². The minimum Gasteiger partial charge on any atom is -0.493 e. The molecule has 0 aliphatic heterocycles. The van der Waals surface area contributed by atoms with Crippen molar-refractivity contribution in [1.82, 2.24) is 0 Å². The topological polar surface area (TPSA) is 90.7 Å². The fourth-order valence-corrected chi connectivity index (χ4v) is 2.42. The molecule has 8 heteroatoms. The Hall–Kier alpha value is -2.80. The summed E-state index contributed by atoms with van der Waals surface area (Å²) in [6.07, 6.45) is 0. The van der Waals surface area contributed by atoms with Gasteiger partial charge in [0.1, 0.15) is 5.56 Å². The van der Waals surface area contributed by atoms with Crippen LogP contribution in [-0.2, 0) is 0 Å². The Morgan fingerprint density at radius 1 is 1.32 bits per heavy atom. The normalized spacial score (nSPS) is 10.2. The number of carbonyl (C=O) groups is 1. The minimum absolute atomic E-state index is 0.131. The second-order valence-electron chi connectivity index (χ2n) is 5.08. The highest BCUT2D eigenvalue weighted by molar-refractivity contribution is 6.31. The van der Waals surface area contributed by atoms with Gasteiger partial charge in [0.2, 0.25) is 0 Å². The van der Waals surface area contributed by atoms with Gasteiger partial charge in [0.15, 0.2) is 11.5 Å². The van der Waals surface area contributed by atoms with E-state index in [1.165, 1.54) is 19.2 Å². The molecule has 1 amide bonds. The minimum atomic E-state index is -0.641. The Labute approximate surface area is 149 Å². The van der Waals surface area contributed by atoms with Crippen LogP contribution in [0.5, 0.6) is 11.5 Å². The van der Waals surface area contributed by atoms with E-state index in [0.717, 1.165) is 0 Å².